The van der Waals surface area contributed by atoms with E-state index in [2.05, 4.69) is 17.4 Å². The van der Waals surface area contributed by atoms with Gasteiger partial charge in [0, 0.05) is 13.0 Å². The molecule has 2 aliphatic rings. The maximum absolute atomic E-state index is 12.0. The lowest BCUT2D eigenvalue weighted by atomic mass is 10.1. The zero-order valence-corrected chi connectivity index (χ0v) is 15.9. The van der Waals surface area contributed by atoms with Gasteiger partial charge in [-0.1, -0.05) is 12.1 Å². The largest absolute Gasteiger partial charge is 0.486 e. The minimum Gasteiger partial charge on any atom is -0.486 e. The summed E-state index contributed by atoms with van der Waals surface area (Å²) in [6, 6.07) is 11.9. The van der Waals surface area contributed by atoms with Crippen molar-refractivity contribution in [2.75, 3.05) is 26.6 Å². The second kappa shape index (κ2) is 8.87. The molecule has 2 aromatic rings. The first kappa shape index (κ1) is 18.5. The number of fused-ring (bicyclic) bond motifs is 2. The maximum Gasteiger partial charge on any atom is 0.231 e. The van der Waals surface area contributed by atoms with Crippen molar-refractivity contribution in [2.45, 2.75) is 32.1 Å². The van der Waals surface area contributed by atoms with Gasteiger partial charge < -0.3 is 24.3 Å². The summed E-state index contributed by atoms with van der Waals surface area (Å²) in [6.45, 7) is 2.19. The SMILES string of the molecule is O=C(CCc1ccc2c(c1)OCO2)NCCCCc1ccc2c(c1)OCCO2. The molecule has 0 radical (unpaired) electrons. The number of amides is 1. The molecule has 2 aliphatic heterocycles. The summed E-state index contributed by atoms with van der Waals surface area (Å²) in [5.41, 5.74) is 2.32. The van der Waals surface area contributed by atoms with Crippen LogP contribution in [0.2, 0.25) is 0 Å². The zero-order valence-electron chi connectivity index (χ0n) is 15.9. The second-order valence-corrected chi connectivity index (χ2v) is 6.97. The van der Waals surface area contributed by atoms with Crippen molar-refractivity contribution in [2.24, 2.45) is 0 Å². The molecular weight excluding hydrogens is 358 g/mol. The van der Waals surface area contributed by atoms with Crippen LogP contribution in [-0.4, -0.2) is 32.5 Å². The number of hydrogen-bond acceptors (Lipinski definition) is 5. The first-order valence-corrected chi connectivity index (χ1v) is 9.82. The van der Waals surface area contributed by atoms with Crippen LogP contribution in [0.25, 0.3) is 0 Å². The Labute approximate surface area is 164 Å². The highest BCUT2D eigenvalue weighted by Gasteiger charge is 2.14. The standard InChI is InChI=1S/C22H25NO5/c24-22(9-6-17-5-8-19-21(14-17)28-15-27-19)23-10-2-1-3-16-4-7-18-20(13-16)26-12-11-25-18/h4-5,7-8,13-14H,1-3,6,9-12,15H2,(H,23,24). The van der Waals surface area contributed by atoms with Gasteiger partial charge in [-0.25, -0.2) is 0 Å². The molecule has 2 aromatic carbocycles. The quantitative estimate of drug-likeness (QED) is 0.709. The van der Waals surface area contributed by atoms with Crippen LogP contribution in [0, 0.1) is 0 Å². The molecule has 0 atom stereocenters. The predicted octanol–water partition coefficient (Wildman–Crippen LogP) is 3.26. The van der Waals surface area contributed by atoms with Crippen LogP contribution in [0.5, 0.6) is 23.0 Å². The Morgan fingerprint density at radius 3 is 2.25 bits per heavy atom. The van der Waals surface area contributed by atoms with Crippen molar-refractivity contribution in [1.82, 2.24) is 5.32 Å². The monoisotopic (exact) mass is 383 g/mol. The molecule has 2 heterocycles. The molecular formula is C22H25NO5. The van der Waals surface area contributed by atoms with Gasteiger partial charge in [0.05, 0.1) is 0 Å². The molecule has 1 amide bonds. The van der Waals surface area contributed by atoms with Gasteiger partial charge in [0.2, 0.25) is 12.7 Å². The van der Waals surface area contributed by atoms with Crippen molar-refractivity contribution in [3.05, 3.63) is 47.5 Å². The average Bonchev–Trinajstić information content (AvgIpc) is 3.20. The number of aryl methyl sites for hydroxylation is 2. The van der Waals surface area contributed by atoms with E-state index in [1.54, 1.807) is 0 Å². The Morgan fingerprint density at radius 2 is 1.43 bits per heavy atom. The van der Waals surface area contributed by atoms with Crippen LogP contribution >= 0.6 is 0 Å². The van der Waals surface area contributed by atoms with E-state index in [-0.39, 0.29) is 12.7 Å². The smallest absolute Gasteiger partial charge is 0.231 e. The summed E-state index contributed by atoms with van der Waals surface area (Å²) in [7, 11) is 0. The maximum atomic E-state index is 12.0. The van der Waals surface area contributed by atoms with Crippen molar-refractivity contribution < 1.29 is 23.7 Å². The summed E-state index contributed by atoms with van der Waals surface area (Å²) in [5, 5.41) is 3.00. The van der Waals surface area contributed by atoms with Gasteiger partial charge in [0.1, 0.15) is 13.2 Å². The Balaban J connectivity index is 1.12. The number of ether oxygens (including phenoxy) is 4. The van der Waals surface area contributed by atoms with Crippen LogP contribution in [0.15, 0.2) is 36.4 Å². The van der Waals surface area contributed by atoms with Crippen molar-refractivity contribution >= 4 is 5.91 Å². The van der Waals surface area contributed by atoms with Crippen LogP contribution in [0.1, 0.15) is 30.4 Å². The summed E-state index contributed by atoms with van der Waals surface area (Å²) in [6.07, 6.45) is 4.09. The third kappa shape index (κ3) is 4.68. The van der Waals surface area contributed by atoms with E-state index in [4.69, 9.17) is 18.9 Å². The lowest BCUT2D eigenvalue weighted by molar-refractivity contribution is -0.121. The number of benzene rings is 2. The molecule has 6 heteroatoms. The Kier molecular flexibility index (Phi) is 5.85. The van der Waals surface area contributed by atoms with Gasteiger partial charge in [0.25, 0.3) is 0 Å². The van der Waals surface area contributed by atoms with Gasteiger partial charge in [-0.05, 0) is 61.1 Å². The fourth-order valence-electron chi connectivity index (χ4n) is 3.37. The lowest BCUT2D eigenvalue weighted by Gasteiger charge is -2.18. The number of nitrogens with one attached hydrogen (secondary N) is 1. The fraction of sp³-hybridized carbons (Fsp3) is 0.409. The molecule has 0 spiro atoms. The predicted molar refractivity (Wildman–Crippen MR) is 104 cm³/mol. The van der Waals surface area contributed by atoms with E-state index in [1.165, 1.54) is 5.56 Å². The van der Waals surface area contributed by atoms with Crippen molar-refractivity contribution in [3.63, 3.8) is 0 Å². The van der Waals surface area contributed by atoms with Gasteiger partial charge in [-0.3, -0.25) is 4.79 Å². The minimum absolute atomic E-state index is 0.0806. The third-order valence-electron chi connectivity index (χ3n) is 4.90. The second-order valence-electron chi connectivity index (χ2n) is 6.97. The molecule has 1 N–H and O–H groups in total. The Hall–Kier alpha value is -2.89. The highest BCUT2D eigenvalue weighted by atomic mass is 16.7. The molecule has 0 unspecified atom stereocenters. The topological polar surface area (TPSA) is 66.0 Å². The summed E-state index contributed by atoms with van der Waals surface area (Å²) in [4.78, 5) is 12.0. The average molecular weight is 383 g/mol. The molecule has 0 saturated heterocycles. The number of hydrogen-bond donors (Lipinski definition) is 1. The first-order chi connectivity index (χ1) is 13.8. The highest BCUT2D eigenvalue weighted by molar-refractivity contribution is 5.76. The molecule has 148 valence electrons. The molecule has 0 aromatic heterocycles. The molecule has 0 aliphatic carbocycles. The first-order valence-electron chi connectivity index (χ1n) is 9.82. The normalized spacial score (nSPS) is 14.0. The van der Waals surface area contributed by atoms with Gasteiger partial charge in [-0.2, -0.15) is 0 Å². The van der Waals surface area contributed by atoms with E-state index in [1.807, 2.05) is 24.3 Å². The van der Waals surface area contributed by atoms with E-state index >= 15 is 0 Å². The van der Waals surface area contributed by atoms with Crippen LogP contribution in [0.4, 0.5) is 0 Å². The Bertz CT molecular complexity index is 836. The van der Waals surface area contributed by atoms with Crippen LogP contribution in [0.3, 0.4) is 0 Å². The van der Waals surface area contributed by atoms with Gasteiger partial charge in [0.15, 0.2) is 23.0 Å². The molecule has 0 bridgehead atoms. The van der Waals surface area contributed by atoms with E-state index in [9.17, 15) is 4.79 Å². The summed E-state index contributed by atoms with van der Waals surface area (Å²) in [5.74, 6) is 3.27. The van der Waals surface area contributed by atoms with E-state index < -0.39 is 0 Å². The lowest BCUT2D eigenvalue weighted by Crippen LogP contribution is -2.24. The van der Waals surface area contributed by atoms with Crippen LogP contribution in [-0.2, 0) is 17.6 Å². The van der Waals surface area contributed by atoms with Gasteiger partial charge >= 0.3 is 0 Å². The number of carbonyl (C=O) groups is 1. The minimum atomic E-state index is 0.0806. The van der Waals surface area contributed by atoms with Crippen molar-refractivity contribution in [1.29, 1.82) is 0 Å². The third-order valence-corrected chi connectivity index (χ3v) is 4.90. The molecule has 0 saturated carbocycles. The summed E-state index contributed by atoms with van der Waals surface area (Å²) < 4.78 is 21.8. The number of carbonyl (C=O) groups excluding carboxylic acids is 1. The zero-order chi connectivity index (χ0) is 19.2. The number of unbranched alkanes of at least 4 members (excludes halogenated alkanes) is 1. The van der Waals surface area contributed by atoms with Crippen molar-refractivity contribution in [3.8, 4) is 23.0 Å². The molecule has 28 heavy (non-hydrogen) atoms. The summed E-state index contributed by atoms with van der Waals surface area (Å²) >= 11 is 0. The van der Waals surface area contributed by atoms with Crippen LogP contribution < -0.4 is 24.3 Å². The number of rotatable bonds is 8. The highest BCUT2D eigenvalue weighted by Crippen LogP contribution is 2.33. The molecule has 0 fully saturated rings. The van der Waals surface area contributed by atoms with Gasteiger partial charge in [-0.15, -0.1) is 0 Å². The van der Waals surface area contributed by atoms with E-state index in [0.29, 0.717) is 32.6 Å². The molecule has 6 nitrogen and oxygen atoms in total. The fourth-order valence-corrected chi connectivity index (χ4v) is 3.37. The Morgan fingerprint density at radius 1 is 0.786 bits per heavy atom. The van der Waals surface area contributed by atoms with E-state index in [0.717, 1.165) is 47.8 Å². The molecule has 4 rings (SSSR count).